The summed E-state index contributed by atoms with van der Waals surface area (Å²) in [5.41, 5.74) is 13.6. The summed E-state index contributed by atoms with van der Waals surface area (Å²) in [4.78, 5) is 12.4. The summed E-state index contributed by atoms with van der Waals surface area (Å²) < 4.78 is 13.3. The van der Waals surface area contributed by atoms with E-state index in [0.717, 1.165) is 16.7 Å². The van der Waals surface area contributed by atoms with Crippen molar-refractivity contribution in [3.05, 3.63) is 66.1 Å². The second-order valence-corrected chi connectivity index (χ2v) is 5.38. The number of guanidine groups is 1. The number of aromatic nitrogens is 2. The molecule has 0 saturated carbocycles. The van der Waals surface area contributed by atoms with Crippen LogP contribution in [0.15, 0.2) is 54.2 Å². The fourth-order valence-electron chi connectivity index (χ4n) is 2.57. The topological polar surface area (TPSA) is 102 Å². The van der Waals surface area contributed by atoms with Gasteiger partial charge in [0.15, 0.2) is 5.96 Å². The van der Waals surface area contributed by atoms with Gasteiger partial charge in [-0.3, -0.25) is 0 Å². The predicted molar refractivity (Wildman–Crippen MR) is 86.4 cm³/mol. The lowest BCUT2D eigenvalue weighted by atomic mass is 9.89. The normalized spacial score (nSPS) is 20.4. The van der Waals surface area contributed by atoms with Crippen molar-refractivity contribution >= 4 is 11.5 Å². The second-order valence-electron chi connectivity index (χ2n) is 5.38. The molecule has 1 aromatic carbocycles. The molecule has 0 radical (unpaired) electrons. The van der Waals surface area contributed by atoms with Crippen molar-refractivity contribution < 1.29 is 4.39 Å². The fraction of sp³-hybridized carbons (Fsp3) is 0.188. The third kappa shape index (κ3) is 3.35. The quantitative estimate of drug-likeness (QED) is 0.786. The van der Waals surface area contributed by atoms with Gasteiger partial charge in [-0.2, -0.15) is 0 Å². The average Bonchev–Trinajstić information content (AvgIpc) is 2.54. The average molecular weight is 312 g/mol. The molecule has 2 aromatic rings. The van der Waals surface area contributed by atoms with Crippen LogP contribution in [0.25, 0.3) is 5.57 Å². The van der Waals surface area contributed by atoms with E-state index in [1.54, 1.807) is 24.7 Å². The molecule has 2 heterocycles. The van der Waals surface area contributed by atoms with Gasteiger partial charge in [0.1, 0.15) is 17.8 Å². The third-order valence-electron chi connectivity index (χ3n) is 3.71. The first kappa shape index (κ1) is 15.1. The van der Waals surface area contributed by atoms with E-state index in [2.05, 4.69) is 20.3 Å². The highest BCUT2D eigenvalue weighted by molar-refractivity contribution is 5.87. The van der Waals surface area contributed by atoms with Crippen molar-refractivity contribution in [2.45, 2.75) is 18.5 Å². The summed E-state index contributed by atoms with van der Waals surface area (Å²) in [7, 11) is 0. The number of hydrogen-bond donors (Lipinski definition) is 3. The number of halogens is 1. The number of benzene rings is 1. The van der Waals surface area contributed by atoms with Gasteiger partial charge in [0.2, 0.25) is 0 Å². The van der Waals surface area contributed by atoms with Gasteiger partial charge in [0.05, 0.1) is 0 Å². The Kier molecular flexibility index (Phi) is 4.03. The van der Waals surface area contributed by atoms with Crippen LogP contribution >= 0.6 is 0 Å². The molecule has 5 N–H and O–H groups in total. The minimum absolute atomic E-state index is 0.243. The number of aryl methyl sites for hydroxylation is 1. The van der Waals surface area contributed by atoms with Crippen molar-refractivity contribution in [2.75, 3.05) is 0 Å². The van der Waals surface area contributed by atoms with Crippen molar-refractivity contribution in [1.29, 1.82) is 0 Å². The number of nitrogens with one attached hydrogen (secondary N) is 1. The van der Waals surface area contributed by atoms with Crippen molar-refractivity contribution in [1.82, 2.24) is 15.3 Å². The standard InChI is InChI=1S/C16H17FN6/c17-13-3-1-2-11(6-13)4-5-16(19)14(9-22-15(18)23-16)12-7-20-10-21-8-12/h1-3,6-10H,4-5,19H2,(H3,18,22,23). The van der Waals surface area contributed by atoms with Crippen molar-refractivity contribution in [3.63, 3.8) is 0 Å². The van der Waals surface area contributed by atoms with Gasteiger partial charge in [-0.05, 0) is 30.5 Å². The number of hydrogen-bond acceptors (Lipinski definition) is 6. The van der Waals surface area contributed by atoms with E-state index in [4.69, 9.17) is 11.5 Å². The van der Waals surface area contributed by atoms with E-state index in [-0.39, 0.29) is 11.8 Å². The number of aliphatic imine (C=N–C) groups is 1. The molecule has 1 atom stereocenters. The van der Waals surface area contributed by atoms with Crippen LogP contribution in [0.2, 0.25) is 0 Å². The van der Waals surface area contributed by atoms with Gasteiger partial charge < -0.3 is 16.8 Å². The number of rotatable bonds is 4. The highest BCUT2D eigenvalue weighted by atomic mass is 19.1. The van der Waals surface area contributed by atoms with Crippen LogP contribution in [0, 0.1) is 5.82 Å². The van der Waals surface area contributed by atoms with Gasteiger partial charge in [0, 0.05) is 29.7 Å². The largest absolute Gasteiger partial charge is 0.370 e. The van der Waals surface area contributed by atoms with Crippen LogP contribution in [-0.2, 0) is 6.42 Å². The smallest absolute Gasteiger partial charge is 0.194 e. The minimum Gasteiger partial charge on any atom is -0.370 e. The molecule has 1 aliphatic heterocycles. The van der Waals surface area contributed by atoms with Gasteiger partial charge in [-0.1, -0.05) is 12.1 Å². The van der Waals surface area contributed by atoms with Gasteiger partial charge >= 0.3 is 0 Å². The first-order valence-electron chi connectivity index (χ1n) is 7.18. The Labute approximate surface area is 133 Å². The van der Waals surface area contributed by atoms with Gasteiger partial charge in [0.25, 0.3) is 0 Å². The van der Waals surface area contributed by atoms with Crippen LogP contribution in [-0.4, -0.2) is 21.6 Å². The molecule has 0 spiro atoms. The first-order valence-corrected chi connectivity index (χ1v) is 7.18. The summed E-state index contributed by atoms with van der Waals surface area (Å²) in [6.45, 7) is 0. The van der Waals surface area contributed by atoms with Gasteiger partial charge in [-0.25, -0.2) is 19.4 Å². The van der Waals surface area contributed by atoms with E-state index in [1.165, 1.54) is 18.5 Å². The lowest BCUT2D eigenvalue weighted by Crippen LogP contribution is -2.47. The summed E-state index contributed by atoms with van der Waals surface area (Å²) in [5.74, 6) is -0.0264. The molecule has 7 heteroatoms. The zero-order chi connectivity index (χ0) is 16.3. The maximum absolute atomic E-state index is 13.3. The van der Waals surface area contributed by atoms with Gasteiger partial charge in [-0.15, -0.1) is 0 Å². The molecule has 0 aliphatic carbocycles. The van der Waals surface area contributed by atoms with E-state index in [0.29, 0.717) is 12.8 Å². The summed E-state index contributed by atoms with van der Waals surface area (Å²) in [6, 6.07) is 6.44. The summed E-state index contributed by atoms with van der Waals surface area (Å²) >= 11 is 0. The molecular weight excluding hydrogens is 295 g/mol. The molecule has 23 heavy (non-hydrogen) atoms. The highest BCUT2D eigenvalue weighted by Gasteiger charge is 2.33. The maximum Gasteiger partial charge on any atom is 0.194 e. The Morgan fingerprint density at radius 1 is 1.22 bits per heavy atom. The summed E-state index contributed by atoms with van der Waals surface area (Å²) in [6.07, 6.45) is 7.54. The van der Waals surface area contributed by atoms with Crippen LogP contribution in [0.1, 0.15) is 17.5 Å². The Morgan fingerprint density at radius 2 is 2.00 bits per heavy atom. The van der Waals surface area contributed by atoms with Crippen LogP contribution in [0.3, 0.4) is 0 Å². The molecule has 0 amide bonds. The Bertz CT molecular complexity index is 758. The monoisotopic (exact) mass is 312 g/mol. The number of nitrogens with two attached hydrogens (primary N) is 2. The zero-order valence-electron chi connectivity index (χ0n) is 12.4. The number of nitrogens with zero attached hydrogens (tertiary/aromatic N) is 3. The van der Waals surface area contributed by atoms with E-state index in [1.807, 2.05) is 6.07 Å². The lowest BCUT2D eigenvalue weighted by molar-refractivity contribution is 0.516. The van der Waals surface area contributed by atoms with E-state index >= 15 is 0 Å². The molecule has 0 fully saturated rings. The zero-order valence-corrected chi connectivity index (χ0v) is 12.4. The molecule has 1 unspecified atom stereocenters. The van der Waals surface area contributed by atoms with E-state index < -0.39 is 5.66 Å². The lowest BCUT2D eigenvalue weighted by Gasteiger charge is -2.31. The van der Waals surface area contributed by atoms with E-state index in [9.17, 15) is 4.39 Å². The predicted octanol–water partition coefficient (Wildman–Crippen LogP) is 1.16. The van der Waals surface area contributed by atoms with Crippen LogP contribution in [0.5, 0.6) is 0 Å². The Balaban J connectivity index is 1.86. The molecule has 0 saturated heterocycles. The fourth-order valence-corrected chi connectivity index (χ4v) is 2.57. The minimum atomic E-state index is -1.02. The molecule has 3 rings (SSSR count). The second kappa shape index (κ2) is 6.13. The molecule has 6 nitrogen and oxygen atoms in total. The van der Waals surface area contributed by atoms with Crippen molar-refractivity contribution in [3.8, 4) is 0 Å². The molecule has 118 valence electrons. The summed E-state index contributed by atoms with van der Waals surface area (Å²) in [5, 5.41) is 2.86. The molecular formula is C16H17FN6. The molecule has 0 bridgehead atoms. The van der Waals surface area contributed by atoms with Crippen molar-refractivity contribution in [2.24, 2.45) is 16.5 Å². The molecule has 1 aromatic heterocycles. The SMILES string of the molecule is NC1=NC(N)(CCc2cccc(F)c2)C(c2cncnc2)=CN1. The first-order chi connectivity index (χ1) is 11.1. The third-order valence-corrected chi connectivity index (χ3v) is 3.71. The molecule has 1 aliphatic rings. The van der Waals surface area contributed by atoms with Crippen LogP contribution < -0.4 is 16.8 Å². The Hall–Kier alpha value is -2.80. The highest BCUT2D eigenvalue weighted by Crippen LogP contribution is 2.31. The van der Waals surface area contributed by atoms with Crippen LogP contribution in [0.4, 0.5) is 4.39 Å². The Morgan fingerprint density at radius 3 is 2.74 bits per heavy atom. The maximum atomic E-state index is 13.3.